The molecule has 1 amide bonds. The van der Waals surface area contributed by atoms with Gasteiger partial charge in [0.05, 0.1) is 23.7 Å². The molecule has 2 rings (SSSR count). The van der Waals surface area contributed by atoms with E-state index in [1.165, 1.54) is 18.4 Å². The van der Waals surface area contributed by atoms with E-state index < -0.39 is 0 Å². The van der Waals surface area contributed by atoms with E-state index in [9.17, 15) is 4.79 Å². The highest BCUT2D eigenvalue weighted by molar-refractivity contribution is 7.09. The van der Waals surface area contributed by atoms with Gasteiger partial charge in [0, 0.05) is 11.3 Å². The monoisotopic (exact) mass is 330 g/mol. The lowest BCUT2D eigenvalue weighted by molar-refractivity contribution is -0.120. The third-order valence-electron chi connectivity index (χ3n) is 3.74. The van der Waals surface area contributed by atoms with Gasteiger partial charge in [0.1, 0.15) is 0 Å². The Morgan fingerprint density at radius 1 is 1.22 bits per heavy atom. The molecule has 0 saturated carbocycles. The Hall–Kier alpha value is -1.68. The molecular formula is C19H26N2OS. The van der Waals surface area contributed by atoms with Crippen molar-refractivity contribution < 1.29 is 4.79 Å². The number of unbranched alkanes of at least 4 members (excludes halogenated alkanes) is 1. The van der Waals surface area contributed by atoms with Crippen molar-refractivity contribution in [2.24, 2.45) is 0 Å². The molecule has 3 nitrogen and oxygen atoms in total. The summed E-state index contributed by atoms with van der Waals surface area (Å²) >= 11 is 1.66. The third kappa shape index (κ3) is 5.79. The van der Waals surface area contributed by atoms with E-state index in [0.717, 1.165) is 22.7 Å². The molecule has 0 bridgehead atoms. The minimum absolute atomic E-state index is 0.0467. The number of carbonyl (C=O) groups excluding carboxylic acids is 1. The number of benzene rings is 1. The topological polar surface area (TPSA) is 42.0 Å². The van der Waals surface area contributed by atoms with Crippen LogP contribution in [0.4, 0.5) is 0 Å². The van der Waals surface area contributed by atoms with Crippen LogP contribution in [0.1, 0.15) is 61.4 Å². The lowest BCUT2D eigenvalue weighted by atomic mass is 10.0. The summed E-state index contributed by atoms with van der Waals surface area (Å²) in [5.74, 6) is 0.487. The van der Waals surface area contributed by atoms with E-state index in [-0.39, 0.29) is 5.91 Å². The average Bonchev–Trinajstić information content (AvgIpc) is 3.01. The van der Waals surface area contributed by atoms with E-state index in [1.807, 2.05) is 5.38 Å². The normalized spacial score (nSPS) is 11.0. The number of thiazole rings is 1. The molecule has 1 aromatic heterocycles. The number of amides is 1. The number of aryl methyl sites for hydroxylation is 1. The van der Waals surface area contributed by atoms with E-state index in [0.29, 0.717) is 18.9 Å². The predicted octanol–water partition coefficient (Wildman–Crippen LogP) is 4.47. The molecule has 0 atom stereocenters. The molecular weight excluding hydrogens is 304 g/mol. The molecule has 0 unspecified atom stereocenters. The van der Waals surface area contributed by atoms with Gasteiger partial charge in [-0.25, -0.2) is 4.98 Å². The molecule has 0 aliphatic carbocycles. The molecule has 0 aliphatic rings. The Kier molecular flexibility index (Phi) is 6.78. The molecule has 4 heteroatoms. The van der Waals surface area contributed by atoms with Crippen molar-refractivity contribution in [3.05, 3.63) is 51.5 Å². The standard InChI is InChI=1S/C19H26N2OS/c1-4-5-6-15-7-9-16(10-8-15)11-18(22)20-12-17-13-23-19(21-17)14(2)3/h7-10,13-14H,4-6,11-12H2,1-3H3,(H,20,22). The van der Waals surface area contributed by atoms with Crippen molar-refractivity contribution in [2.45, 2.75) is 58.9 Å². The molecule has 23 heavy (non-hydrogen) atoms. The Morgan fingerprint density at radius 3 is 2.52 bits per heavy atom. The zero-order valence-electron chi connectivity index (χ0n) is 14.3. The van der Waals surface area contributed by atoms with Gasteiger partial charge in [0.15, 0.2) is 0 Å². The first-order chi connectivity index (χ1) is 11.1. The summed E-state index contributed by atoms with van der Waals surface area (Å²) in [6.07, 6.45) is 3.96. The molecule has 0 spiro atoms. The molecule has 1 aromatic carbocycles. The second-order valence-electron chi connectivity index (χ2n) is 6.21. The van der Waals surface area contributed by atoms with Crippen molar-refractivity contribution in [2.75, 3.05) is 0 Å². The van der Waals surface area contributed by atoms with Crippen molar-refractivity contribution in [1.29, 1.82) is 0 Å². The highest BCUT2D eigenvalue weighted by Gasteiger charge is 2.08. The molecule has 0 radical (unpaired) electrons. The van der Waals surface area contributed by atoms with Crippen LogP contribution in [0.15, 0.2) is 29.6 Å². The summed E-state index contributed by atoms with van der Waals surface area (Å²) in [5, 5.41) is 6.10. The van der Waals surface area contributed by atoms with Gasteiger partial charge < -0.3 is 5.32 Å². The molecule has 0 fully saturated rings. The van der Waals surface area contributed by atoms with Crippen LogP contribution in [0.2, 0.25) is 0 Å². The van der Waals surface area contributed by atoms with E-state index in [4.69, 9.17) is 0 Å². The van der Waals surface area contributed by atoms with Crippen LogP contribution in [0.25, 0.3) is 0 Å². The lowest BCUT2D eigenvalue weighted by Crippen LogP contribution is -2.24. The SMILES string of the molecule is CCCCc1ccc(CC(=O)NCc2csc(C(C)C)n2)cc1. The largest absolute Gasteiger partial charge is 0.350 e. The fourth-order valence-corrected chi connectivity index (χ4v) is 3.15. The van der Waals surface area contributed by atoms with Gasteiger partial charge >= 0.3 is 0 Å². The van der Waals surface area contributed by atoms with Crippen LogP contribution in [0, 0.1) is 0 Å². The zero-order chi connectivity index (χ0) is 16.7. The number of hydrogen-bond donors (Lipinski definition) is 1. The van der Waals surface area contributed by atoms with Crippen molar-refractivity contribution in [1.82, 2.24) is 10.3 Å². The summed E-state index contributed by atoms with van der Waals surface area (Å²) in [7, 11) is 0. The minimum Gasteiger partial charge on any atom is -0.350 e. The van der Waals surface area contributed by atoms with Gasteiger partial charge in [-0.1, -0.05) is 51.5 Å². The first kappa shape index (κ1) is 17.7. The van der Waals surface area contributed by atoms with Crippen molar-refractivity contribution in [3.63, 3.8) is 0 Å². The Bertz CT molecular complexity index is 617. The minimum atomic E-state index is 0.0467. The first-order valence-corrected chi connectivity index (χ1v) is 9.25. The van der Waals surface area contributed by atoms with Crippen LogP contribution >= 0.6 is 11.3 Å². The maximum absolute atomic E-state index is 12.0. The molecule has 0 aliphatic heterocycles. The Morgan fingerprint density at radius 2 is 1.91 bits per heavy atom. The average molecular weight is 330 g/mol. The molecule has 1 heterocycles. The lowest BCUT2D eigenvalue weighted by Gasteiger charge is -2.05. The highest BCUT2D eigenvalue weighted by atomic mass is 32.1. The van der Waals surface area contributed by atoms with Gasteiger partial charge in [0.25, 0.3) is 0 Å². The summed E-state index contributed by atoms with van der Waals surface area (Å²) in [5.41, 5.74) is 3.35. The van der Waals surface area contributed by atoms with Gasteiger partial charge in [0.2, 0.25) is 5.91 Å². The van der Waals surface area contributed by atoms with Crippen LogP contribution in [0.5, 0.6) is 0 Å². The van der Waals surface area contributed by atoms with Crippen LogP contribution in [-0.2, 0) is 24.2 Å². The number of hydrogen-bond acceptors (Lipinski definition) is 3. The van der Waals surface area contributed by atoms with E-state index >= 15 is 0 Å². The summed E-state index contributed by atoms with van der Waals surface area (Å²) in [6.45, 7) is 6.97. The number of aromatic nitrogens is 1. The maximum Gasteiger partial charge on any atom is 0.224 e. The maximum atomic E-state index is 12.0. The van der Waals surface area contributed by atoms with Gasteiger partial charge in [-0.05, 0) is 24.0 Å². The van der Waals surface area contributed by atoms with Crippen LogP contribution < -0.4 is 5.32 Å². The van der Waals surface area contributed by atoms with Crippen LogP contribution in [-0.4, -0.2) is 10.9 Å². The smallest absolute Gasteiger partial charge is 0.224 e. The van der Waals surface area contributed by atoms with Crippen molar-refractivity contribution in [3.8, 4) is 0 Å². The van der Waals surface area contributed by atoms with Crippen molar-refractivity contribution >= 4 is 17.2 Å². The van der Waals surface area contributed by atoms with E-state index in [1.54, 1.807) is 11.3 Å². The fourth-order valence-electron chi connectivity index (χ4n) is 2.31. The zero-order valence-corrected chi connectivity index (χ0v) is 15.1. The number of rotatable bonds is 8. The van der Waals surface area contributed by atoms with E-state index in [2.05, 4.69) is 55.3 Å². The number of nitrogens with zero attached hydrogens (tertiary/aromatic N) is 1. The second kappa shape index (κ2) is 8.82. The summed E-state index contributed by atoms with van der Waals surface area (Å²) in [4.78, 5) is 16.6. The molecule has 0 saturated heterocycles. The number of carbonyl (C=O) groups is 1. The highest BCUT2D eigenvalue weighted by Crippen LogP contribution is 2.19. The summed E-state index contributed by atoms with van der Waals surface area (Å²) < 4.78 is 0. The molecule has 124 valence electrons. The predicted molar refractivity (Wildman–Crippen MR) is 96.8 cm³/mol. The van der Waals surface area contributed by atoms with Gasteiger partial charge in [-0.2, -0.15) is 0 Å². The first-order valence-electron chi connectivity index (χ1n) is 8.37. The fraction of sp³-hybridized carbons (Fsp3) is 0.474. The van der Waals surface area contributed by atoms with Crippen LogP contribution in [0.3, 0.4) is 0 Å². The van der Waals surface area contributed by atoms with Gasteiger partial charge in [-0.3, -0.25) is 4.79 Å². The molecule has 2 aromatic rings. The van der Waals surface area contributed by atoms with Gasteiger partial charge in [-0.15, -0.1) is 11.3 Å². The second-order valence-corrected chi connectivity index (χ2v) is 7.10. The Labute approximate surface area is 143 Å². The quantitative estimate of drug-likeness (QED) is 0.776. The third-order valence-corrected chi connectivity index (χ3v) is 4.93. The molecule has 1 N–H and O–H groups in total. The Balaban J connectivity index is 1.79. The summed E-state index contributed by atoms with van der Waals surface area (Å²) in [6, 6.07) is 8.38. The number of nitrogens with one attached hydrogen (secondary N) is 1.